The minimum Gasteiger partial charge on any atom is -0.361 e. The molecule has 0 aliphatic heterocycles. The second-order valence-electron chi connectivity index (χ2n) is 6.97. The van der Waals surface area contributed by atoms with Crippen molar-refractivity contribution in [2.24, 2.45) is 0 Å². The summed E-state index contributed by atoms with van der Waals surface area (Å²) >= 11 is 0. The molecule has 138 valence electrons. The van der Waals surface area contributed by atoms with Crippen LogP contribution < -0.4 is 0 Å². The molecule has 0 aliphatic carbocycles. The molecule has 1 N–H and O–H groups in total. The topological polar surface area (TPSA) is 27.1 Å². The Balaban J connectivity index is 3.17. The Hall–Kier alpha value is -0.530. The van der Waals surface area contributed by atoms with Gasteiger partial charge in [0, 0.05) is 19.5 Å². The molecule has 0 spiro atoms. The van der Waals surface area contributed by atoms with Crippen molar-refractivity contribution in [3.8, 4) is 0 Å². The highest BCUT2D eigenvalue weighted by Crippen LogP contribution is 2.13. The summed E-state index contributed by atoms with van der Waals surface area (Å²) in [5.41, 5.74) is 0. The van der Waals surface area contributed by atoms with Crippen LogP contribution in [0.1, 0.15) is 117 Å². The maximum atomic E-state index is 8.04. The summed E-state index contributed by atoms with van der Waals surface area (Å²) in [6.07, 6.45) is 20.6. The Kier molecular flexibility index (Phi) is 17.4. The lowest BCUT2D eigenvalue weighted by Gasteiger charge is -2.21. The van der Waals surface area contributed by atoms with Gasteiger partial charge < -0.3 is 4.90 Å². The van der Waals surface area contributed by atoms with Gasteiger partial charge in [0.15, 0.2) is 0 Å². The van der Waals surface area contributed by atoms with Gasteiger partial charge in [-0.3, -0.25) is 5.41 Å². The molecule has 0 bridgehead atoms. The lowest BCUT2D eigenvalue weighted by atomic mass is 10.0. The van der Waals surface area contributed by atoms with Crippen LogP contribution in [0.25, 0.3) is 0 Å². The van der Waals surface area contributed by atoms with Gasteiger partial charge in [-0.2, -0.15) is 0 Å². The maximum Gasteiger partial charge on any atom is 0.0957 e. The van der Waals surface area contributed by atoms with Gasteiger partial charge in [-0.1, -0.05) is 90.4 Å². The molecule has 2 nitrogen and oxygen atoms in total. The normalized spacial score (nSPS) is 10.9. The van der Waals surface area contributed by atoms with Gasteiger partial charge in [0.1, 0.15) is 0 Å². The summed E-state index contributed by atoms with van der Waals surface area (Å²) in [6, 6.07) is 0. The van der Waals surface area contributed by atoms with E-state index in [4.69, 9.17) is 5.41 Å². The molecule has 0 heterocycles. The SMILES string of the molecule is CCCCCCCCCCCCCCCCC(=N)N(CC)CC. The molecule has 0 unspecified atom stereocenters. The van der Waals surface area contributed by atoms with Crippen LogP contribution in [0.2, 0.25) is 0 Å². The predicted molar refractivity (Wildman–Crippen MR) is 106 cm³/mol. The molecule has 0 radical (unpaired) electrons. The van der Waals surface area contributed by atoms with E-state index < -0.39 is 0 Å². The Morgan fingerprint density at radius 1 is 0.565 bits per heavy atom. The van der Waals surface area contributed by atoms with E-state index in [2.05, 4.69) is 25.7 Å². The summed E-state index contributed by atoms with van der Waals surface area (Å²) in [6.45, 7) is 8.53. The van der Waals surface area contributed by atoms with E-state index in [1.807, 2.05) is 0 Å². The number of nitrogens with zero attached hydrogens (tertiary/aromatic N) is 1. The fourth-order valence-electron chi connectivity index (χ4n) is 3.25. The van der Waals surface area contributed by atoms with Crippen molar-refractivity contribution in [3.63, 3.8) is 0 Å². The van der Waals surface area contributed by atoms with Crippen LogP contribution in [0.5, 0.6) is 0 Å². The van der Waals surface area contributed by atoms with E-state index in [-0.39, 0.29) is 0 Å². The first-order valence-corrected chi connectivity index (χ1v) is 10.6. The van der Waals surface area contributed by atoms with E-state index >= 15 is 0 Å². The Morgan fingerprint density at radius 3 is 1.26 bits per heavy atom. The standard InChI is InChI=1S/C21H44N2/c1-4-7-8-9-10-11-12-13-14-15-16-17-18-19-20-21(22)23(5-2)6-3/h22H,4-20H2,1-3H3. The quantitative estimate of drug-likeness (QED) is 0.171. The second-order valence-corrected chi connectivity index (χ2v) is 6.97. The molecule has 0 saturated heterocycles. The smallest absolute Gasteiger partial charge is 0.0957 e. The Labute approximate surface area is 146 Å². The first-order valence-electron chi connectivity index (χ1n) is 10.6. The van der Waals surface area contributed by atoms with Gasteiger partial charge in [0.05, 0.1) is 5.84 Å². The van der Waals surface area contributed by atoms with Gasteiger partial charge in [0.2, 0.25) is 0 Å². The highest BCUT2D eigenvalue weighted by Gasteiger charge is 2.04. The van der Waals surface area contributed by atoms with Crippen LogP contribution in [0, 0.1) is 5.41 Å². The zero-order valence-electron chi connectivity index (χ0n) is 16.5. The first-order chi connectivity index (χ1) is 11.3. The van der Waals surface area contributed by atoms with Gasteiger partial charge in [-0.15, -0.1) is 0 Å². The first kappa shape index (κ1) is 22.5. The third-order valence-electron chi connectivity index (χ3n) is 4.91. The zero-order chi connectivity index (χ0) is 17.2. The second kappa shape index (κ2) is 17.8. The predicted octanol–water partition coefficient (Wildman–Crippen LogP) is 7.18. The average molecular weight is 325 g/mol. The van der Waals surface area contributed by atoms with Crippen molar-refractivity contribution >= 4 is 5.84 Å². The molecule has 23 heavy (non-hydrogen) atoms. The van der Waals surface area contributed by atoms with Crippen LogP contribution in [-0.2, 0) is 0 Å². The van der Waals surface area contributed by atoms with Gasteiger partial charge >= 0.3 is 0 Å². The fourth-order valence-corrected chi connectivity index (χ4v) is 3.25. The van der Waals surface area contributed by atoms with E-state index in [1.165, 1.54) is 89.9 Å². The number of nitrogens with one attached hydrogen (secondary N) is 1. The van der Waals surface area contributed by atoms with Gasteiger partial charge in [-0.05, 0) is 20.3 Å². The molecule has 0 aromatic carbocycles. The van der Waals surface area contributed by atoms with E-state index in [9.17, 15) is 0 Å². The molecule has 0 aliphatic rings. The van der Waals surface area contributed by atoms with Gasteiger partial charge in [0.25, 0.3) is 0 Å². The lowest BCUT2D eigenvalue weighted by Crippen LogP contribution is -2.29. The fraction of sp³-hybridized carbons (Fsp3) is 0.952. The highest BCUT2D eigenvalue weighted by atomic mass is 15.1. The van der Waals surface area contributed by atoms with Crippen LogP contribution in [0.4, 0.5) is 0 Å². The molecule has 0 amide bonds. The molecular formula is C21H44N2. The van der Waals surface area contributed by atoms with Crippen LogP contribution in [0.15, 0.2) is 0 Å². The van der Waals surface area contributed by atoms with Crippen molar-refractivity contribution < 1.29 is 0 Å². The van der Waals surface area contributed by atoms with Crippen LogP contribution in [-0.4, -0.2) is 23.8 Å². The van der Waals surface area contributed by atoms with Crippen LogP contribution in [0.3, 0.4) is 0 Å². The lowest BCUT2D eigenvalue weighted by molar-refractivity contribution is 0.447. The molecular weight excluding hydrogens is 280 g/mol. The van der Waals surface area contributed by atoms with Crippen molar-refractivity contribution in [1.29, 1.82) is 5.41 Å². The zero-order valence-corrected chi connectivity index (χ0v) is 16.5. The summed E-state index contributed by atoms with van der Waals surface area (Å²) < 4.78 is 0. The van der Waals surface area contributed by atoms with E-state index in [0.717, 1.165) is 25.3 Å². The molecule has 0 aromatic heterocycles. The minimum atomic E-state index is 0.842. The average Bonchev–Trinajstić information content (AvgIpc) is 2.56. The van der Waals surface area contributed by atoms with E-state index in [1.54, 1.807) is 0 Å². The largest absolute Gasteiger partial charge is 0.361 e. The van der Waals surface area contributed by atoms with Crippen LogP contribution >= 0.6 is 0 Å². The minimum absolute atomic E-state index is 0.842. The maximum absolute atomic E-state index is 8.04. The summed E-state index contributed by atoms with van der Waals surface area (Å²) in [5.74, 6) is 0.842. The van der Waals surface area contributed by atoms with Crippen molar-refractivity contribution in [2.75, 3.05) is 13.1 Å². The monoisotopic (exact) mass is 324 g/mol. The van der Waals surface area contributed by atoms with Crippen molar-refractivity contribution in [3.05, 3.63) is 0 Å². The molecule has 0 saturated carbocycles. The van der Waals surface area contributed by atoms with E-state index in [0.29, 0.717) is 0 Å². The van der Waals surface area contributed by atoms with Gasteiger partial charge in [-0.25, -0.2) is 0 Å². The number of hydrogen-bond acceptors (Lipinski definition) is 1. The summed E-state index contributed by atoms with van der Waals surface area (Å²) in [5, 5.41) is 8.04. The molecule has 0 rings (SSSR count). The Bertz CT molecular complexity index is 246. The number of hydrogen-bond donors (Lipinski definition) is 1. The van der Waals surface area contributed by atoms with Crippen molar-refractivity contribution in [2.45, 2.75) is 117 Å². The highest BCUT2D eigenvalue weighted by molar-refractivity contribution is 5.78. The number of amidine groups is 1. The van der Waals surface area contributed by atoms with Crippen molar-refractivity contribution in [1.82, 2.24) is 4.90 Å². The summed E-state index contributed by atoms with van der Waals surface area (Å²) in [4.78, 5) is 2.17. The number of rotatable bonds is 17. The number of unbranched alkanes of at least 4 members (excludes halogenated alkanes) is 13. The summed E-state index contributed by atoms with van der Waals surface area (Å²) in [7, 11) is 0. The molecule has 0 fully saturated rings. The molecule has 0 atom stereocenters. The third-order valence-corrected chi connectivity index (χ3v) is 4.91. The Morgan fingerprint density at radius 2 is 0.913 bits per heavy atom. The third kappa shape index (κ3) is 14.8. The molecule has 2 heteroatoms. The molecule has 0 aromatic rings.